The molecule has 1 N–H and O–H groups in total. The highest BCUT2D eigenvalue weighted by molar-refractivity contribution is 5.80. The number of nitrogens with one attached hydrogen (secondary N) is 1. The van der Waals surface area contributed by atoms with Crippen molar-refractivity contribution in [2.75, 3.05) is 0 Å². The third kappa shape index (κ3) is 4.10. The van der Waals surface area contributed by atoms with E-state index in [9.17, 15) is 8.78 Å². The molecule has 26 heavy (non-hydrogen) atoms. The molecule has 0 radical (unpaired) electrons. The zero-order chi connectivity index (χ0) is 18.9. The van der Waals surface area contributed by atoms with Gasteiger partial charge in [0.05, 0.1) is 0 Å². The van der Waals surface area contributed by atoms with Crippen LogP contribution in [0.1, 0.15) is 45.2 Å². The Hall–Kier alpha value is -2.26. The van der Waals surface area contributed by atoms with E-state index >= 15 is 0 Å². The number of hydrogen-bond acceptors (Lipinski definition) is 1. The number of rotatable bonds is 3. The van der Waals surface area contributed by atoms with Gasteiger partial charge in [-0.3, -0.25) is 0 Å². The molecule has 3 rings (SSSR count). The predicted molar refractivity (Wildman–Crippen MR) is 104 cm³/mol. The lowest BCUT2D eigenvalue weighted by Gasteiger charge is -2.19. The maximum absolute atomic E-state index is 13.4. The second-order valence-electron chi connectivity index (χ2n) is 7.80. The second kappa shape index (κ2) is 7.16. The molecule has 3 heteroatoms. The molecular weight excluding hydrogens is 328 g/mol. The first-order valence-corrected chi connectivity index (χ1v) is 8.93. The Bertz CT molecular complexity index is 791. The summed E-state index contributed by atoms with van der Waals surface area (Å²) in [6, 6.07) is 13.0. The van der Waals surface area contributed by atoms with E-state index in [4.69, 9.17) is 0 Å². The Labute approximate surface area is 154 Å². The van der Waals surface area contributed by atoms with E-state index in [1.54, 1.807) is 24.3 Å². The molecule has 0 aromatic heterocycles. The highest BCUT2D eigenvalue weighted by Crippen LogP contribution is 2.34. The number of hydrogen-bond donors (Lipinski definition) is 1. The smallest absolute Gasteiger partial charge is 0.123 e. The molecule has 0 bridgehead atoms. The average molecular weight is 353 g/mol. The van der Waals surface area contributed by atoms with Gasteiger partial charge >= 0.3 is 0 Å². The molecule has 2 aromatic rings. The minimum Gasteiger partial charge on any atom is -0.302 e. The molecule has 1 atom stereocenters. The minimum absolute atomic E-state index is 0.0183. The van der Waals surface area contributed by atoms with Crippen molar-refractivity contribution in [2.45, 2.75) is 45.7 Å². The molecule has 0 saturated carbocycles. The summed E-state index contributed by atoms with van der Waals surface area (Å²) in [5.74, 6) is -0.533. The monoisotopic (exact) mass is 353 g/mol. The summed E-state index contributed by atoms with van der Waals surface area (Å²) in [5, 5.41) is 3.67. The zero-order valence-electron chi connectivity index (χ0n) is 15.7. The number of benzene rings is 2. The Morgan fingerprint density at radius 1 is 0.923 bits per heavy atom. The van der Waals surface area contributed by atoms with E-state index in [1.807, 2.05) is 0 Å². The van der Waals surface area contributed by atoms with E-state index in [0.29, 0.717) is 0 Å². The Morgan fingerprint density at radius 3 is 1.81 bits per heavy atom. The van der Waals surface area contributed by atoms with Crippen molar-refractivity contribution < 1.29 is 8.78 Å². The summed E-state index contributed by atoms with van der Waals surface area (Å²) in [6.07, 6.45) is 3.16. The molecular formula is C23H25F2N. The van der Waals surface area contributed by atoms with Gasteiger partial charge in [-0.05, 0) is 80.7 Å². The molecule has 2 aromatic carbocycles. The fourth-order valence-electron chi connectivity index (χ4n) is 3.56. The van der Waals surface area contributed by atoms with Crippen molar-refractivity contribution >= 4 is 5.57 Å². The van der Waals surface area contributed by atoms with Crippen LogP contribution in [0.5, 0.6) is 0 Å². The van der Waals surface area contributed by atoms with Gasteiger partial charge in [0.25, 0.3) is 0 Å². The topological polar surface area (TPSA) is 12.0 Å². The third-order valence-corrected chi connectivity index (χ3v) is 4.84. The maximum atomic E-state index is 13.4. The number of allylic oxidation sites excluding steroid dienone is 1. The van der Waals surface area contributed by atoms with Crippen LogP contribution in [0.15, 0.2) is 65.8 Å². The first-order valence-electron chi connectivity index (χ1n) is 8.93. The van der Waals surface area contributed by atoms with Crippen LogP contribution >= 0.6 is 0 Å². The van der Waals surface area contributed by atoms with Crippen LogP contribution in [-0.4, -0.2) is 11.6 Å². The van der Waals surface area contributed by atoms with E-state index in [0.717, 1.165) is 23.1 Å². The van der Waals surface area contributed by atoms with Gasteiger partial charge in [0, 0.05) is 11.6 Å². The molecule has 1 fully saturated rings. The second-order valence-corrected chi connectivity index (χ2v) is 7.80. The lowest BCUT2D eigenvalue weighted by atomic mass is 9.92. The molecule has 1 heterocycles. The van der Waals surface area contributed by atoms with Crippen molar-refractivity contribution in [3.63, 3.8) is 0 Å². The summed E-state index contributed by atoms with van der Waals surface area (Å²) >= 11 is 0. The van der Waals surface area contributed by atoms with E-state index in [1.165, 1.54) is 35.4 Å². The molecule has 1 aliphatic rings. The lowest BCUT2D eigenvalue weighted by molar-refractivity contribution is 0.447. The van der Waals surface area contributed by atoms with Crippen molar-refractivity contribution in [1.29, 1.82) is 0 Å². The summed E-state index contributed by atoms with van der Waals surface area (Å²) in [4.78, 5) is 0. The highest BCUT2D eigenvalue weighted by Gasteiger charge is 2.33. The van der Waals surface area contributed by atoms with Gasteiger partial charge in [-0.15, -0.1) is 0 Å². The van der Waals surface area contributed by atoms with Crippen LogP contribution < -0.4 is 5.32 Å². The van der Waals surface area contributed by atoms with E-state index in [-0.39, 0.29) is 23.2 Å². The van der Waals surface area contributed by atoms with Gasteiger partial charge in [0.2, 0.25) is 0 Å². The quantitative estimate of drug-likeness (QED) is 0.680. The predicted octanol–water partition coefficient (Wildman–Crippen LogP) is 5.87. The summed E-state index contributed by atoms with van der Waals surface area (Å²) in [6.45, 7) is 8.65. The molecule has 136 valence electrons. The molecule has 1 saturated heterocycles. The minimum atomic E-state index is -0.266. The standard InChI is InChI=1S/C23H25F2N/c1-15(2)21-14-23(3,4)26-22(21)13-20(16-5-9-18(24)10-6-16)17-7-11-19(25)12-8-17/h5-13,22,26H,14H2,1-4H3. The van der Waals surface area contributed by atoms with Crippen molar-refractivity contribution in [3.05, 3.63) is 88.5 Å². The first-order chi connectivity index (χ1) is 12.2. The molecule has 1 aliphatic heterocycles. The fraction of sp³-hybridized carbons (Fsp3) is 0.304. The lowest BCUT2D eigenvalue weighted by Crippen LogP contribution is -2.36. The summed E-state index contributed by atoms with van der Waals surface area (Å²) < 4.78 is 26.8. The van der Waals surface area contributed by atoms with Crippen LogP contribution in [0, 0.1) is 11.6 Å². The van der Waals surface area contributed by atoms with Gasteiger partial charge in [-0.1, -0.05) is 35.9 Å². The van der Waals surface area contributed by atoms with Crippen molar-refractivity contribution in [3.8, 4) is 0 Å². The SMILES string of the molecule is CC(C)=C1CC(C)(C)NC1C=C(c1ccc(F)cc1)c1ccc(F)cc1. The summed E-state index contributed by atoms with van der Waals surface area (Å²) in [7, 11) is 0. The van der Waals surface area contributed by atoms with Crippen LogP contribution in [0.3, 0.4) is 0 Å². The summed E-state index contributed by atoms with van der Waals surface area (Å²) in [5.41, 5.74) is 5.50. The van der Waals surface area contributed by atoms with Crippen molar-refractivity contribution in [2.24, 2.45) is 0 Å². The zero-order valence-corrected chi connectivity index (χ0v) is 15.7. The Kier molecular flexibility index (Phi) is 5.10. The number of halogens is 2. The first kappa shape index (κ1) is 18.5. The largest absolute Gasteiger partial charge is 0.302 e. The fourth-order valence-corrected chi connectivity index (χ4v) is 3.56. The molecule has 0 aliphatic carbocycles. The van der Waals surface area contributed by atoms with Gasteiger partial charge in [-0.25, -0.2) is 8.78 Å². The van der Waals surface area contributed by atoms with Crippen LogP contribution in [0.25, 0.3) is 5.57 Å². The van der Waals surface area contributed by atoms with Crippen molar-refractivity contribution in [1.82, 2.24) is 5.32 Å². The van der Waals surface area contributed by atoms with Gasteiger partial charge in [0.15, 0.2) is 0 Å². The van der Waals surface area contributed by atoms with Crippen LogP contribution in [0.2, 0.25) is 0 Å². The van der Waals surface area contributed by atoms with E-state index < -0.39 is 0 Å². The Balaban J connectivity index is 2.11. The van der Waals surface area contributed by atoms with Gasteiger partial charge in [-0.2, -0.15) is 0 Å². The molecule has 0 spiro atoms. The Morgan fingerprint density at radius 2 is 1.38 bits per heavy atom. The molecule has 1 nitrogen and oxygen atoms in total. The molecule has 1 unspecified atom stereocenters. The van der Waals surface area contributed by atoms with E-state index in [2.05, 4.69) is 39.1 Å². The van der Waals surface area contributed by atoms with Gasteiger partial charge in [0.1, 0.15) is 11.6 Å². The highest BCUT2D eigenvalue weighted by atomic mass is 19.1. The maximum Gasteiger partial charge on any atom is 0.123 e. The van der Waals surface area contributed by atoms with Crippen LogP contribution in [-0.2, 0) is 0 Å². The van der Waals surface area contributed by atoms with Gasteiger partial charge < -0.3 is 5.32 Å². The molecule has 0 amide bonds. The average Bonchev–Trinajstić information content (AvgIpc) is 2.89. The third-order valence-electron chi connectivity index (χ3n) is 4.84. The van der Waals surface area contributed by atoms with Crippen LogP contribution in [0.4, 0.5) is 8.78 Å². The normalized spacial score (nSPS) is 18.7.